The van der Waals surface area contributed by atoms with Crippen LogP contribution in [0.2, 0.25) is 0 Å². The Balaban J connectivity index is 2.55. The lowest BCUT2D eigenvalue weighted by molar-refractivity contribution is 0.590. The summed E-state index contributed by atoms with van der Waals surface area (Å²) in [6.45, 7) is 17.5. The van der Waals surface area contributed by atoms with Gasteiger partial charge >= 0.3 is 0 Å². The first-order chi connectivity index (χ1) is 10.9. The molecule has 2 heteroatoms. The molecule has 0 saturated heterocycles. The second-order valence-electron chi connectivity index (χ2n) is 8.81. The van der Waals surface area contributed by atoms with Gasteiger partial charge in [0.05, 0.1) is 8.15 Å². The highest BCUT2D eigenvalue weighted by Crippen LogP contribution is 2.35. The molecule has 0 aromatic heterocycles. The van der Waals surface area contributed by atoms with Crippen molar-refractivity contribution in [2.45, 2.75) is 66.2 Å². The van der Waals surface area contributed by atoms with Crippen LogP contribution < -0.4 is 10.6 Å². The summed E-state index contributed by atoms with van der Waals surface area (Å²) < 4.78 is 0. The zero-order valence-electron chi connectivity index (χ0n) is 16.4. The molecule has 2 rings (SSSR count). The van der Waals surface area contributed by atoms with Crippen molar-refractivity contribution < 1.29 is 4.89 Å². The van der Waals surface area contributed by atoms with Crippen molar-refractivity contribution in [3.63, 3.8) is 0 Å². The monoisotopic (exact) mass is 342 g/mol. The molecule has 0 bridgehead atoms. The Labute approximate surface area is 149 Å². The Morgan fingerprint density at radius 1 is 0.667 bits per heavy atom. The van der Waals surface area contributed by atoms with Crippen LogP contribution in [0, 0.1) is 13.8 Å². The molecule has 0 amide bonds. The first-order valence-corrected chi connectivity index (χ1v) is 9.92. The standard InChI is InChI=1S/C22H31OP/c1-15-9-11-17(21(3,4)5)13-19(15)24(23)20-14-18(22(6,7)8)12-10-16(20)2/h9-14,23H,1-8H3. The van der Waals surface area contributed by atoms with Gasteiger partial charge in [-0.3, -0.25) is 0 Å². The van der Waals surface area contributed by atoms with Crippen LogP contribution in [0.3, 0.4) is 0 Å². The fourth-order valence-electron chi connectivity index (χ4n) is 2.74. The summed E-state index contributed by atoms with van der Waals surface area (Å²) >= 11 is 0. The van der Waals surface area contributed by atoms with E-state index in [-0.39, 0.29) is 10.8 Å². The van der Waals surface area contributed by atoms with Crippen LogP contribution in [-0.2, 0) is 10.8 Å². The molecule has 0 aliphatic carbocycles. The van der Waals surface area contributed by atoms with Crippen LogP contribution in [0.25, 0.3) is 0 Å². The van der Waals surface area contributed by atoms with Crippen molar-refractivity contribution in [1.29, 1.82) is 0 Å². The second kappa shape index (κ2) is 6.62. The summed E-state index contributed by atoms with van der Waals surface area (Å²) in [7, 11) is -1.34. The molecule has 0 aliphatic heterocycles. The fourth-order valence-corrected chi connectivity index (χ4v) is 4.34. The van der Waals surface area contributed by atoms with Gasteiger partial charge in [-0.1, -0.05) is 65.8 Å². The molecular formula is C22H31OP. The third kappa shape index (κ3) is 4.08. The normalized spacial score (nSPS) is 12.8. The summed E-state index contributed by atoms with van der Waals surface area (Å²) in [5, 5.41) is 2.15. The van der Waals surface area contributed by atoms with Crippen LogP contribution in [0.15, 0.2) is 36.4 Å². The van der Waals surface area contributed by atoms with E-state index in [1.165, 1.54) is 11.1 Å². The predicted molar refractivity (Wildman–Crippen MR) is 108 cm³/mol. The molecule has 2 aromatic rings. The van der Waals surface area contributed by atoms with E-state index in [9.17, 15) is 4.89 Å². The summed E-state index contributed by atoms with van der Waals surface area (Å²) in [4.78, 5) is 11.2. The molecule has 0 unspecified atom stereocenters. The molecule has 0 saturated carbocycles. The highest BCUT2D eigenvalue weighted by molar-refractivity contribution is 7.67. The predicted octanol–water partition coefficient (Wildman–Crippen LogP) is 5.24. The van der Waals surface area contributed by atoms with E-state index in [0.29, 0.717) is 0 Å². The van der Waals surface area contributed by atoms with E-state index >= 15 is 0 Å². The molecule has 0 spiro atoms. The Hall–Kier alpha value is -1.17. The smallest absolute Gasteiger partial charge is 0.0882 e. The van der Waals surface area contributed by atoms with Gasteiger partial charge in [-0.2, -0.15) is 0 Å². The van der Waals surface area contributed by atoms with Crippen LogP contribution in [0.4, 0.5) is 0 Å². The number of hydrogen-bond donors (Lipinski definition) is 1. The molecule has 0 fully saturated rings. The third-order valence-electron chi connectivity index (χ3n) is 4.61. The second-order valence-corrected chi connectivity index (χ2v) is 10.4. The molecule has 0 aliphatic rings. The minimum atomic E-state index is -1.34. The van der Waals surface area contributed by atoms with Gasteiger partial charge in [0.15, 0.2) is 0 Å². The molecule has 0 heterocycles. The average molecular weight is 342 g/mol. The Morgan fingerprint density at radius 3 is 1.29 bits per heavy atom. The van der Waals surface area contributed by atoms with Crippen LogP contribution in [-0.4, -0.2) is 4.89 Å². The molecule has 0 atom stereocenters. The van der Waals surface area contributed by atoms with E-state index in [2.05, 4.69) is 91.8 Å². The van der Waals surface area contributed by atoms with Crippen molar-refractivity contribution in [3.8, 4) is 0 Å². The quantitative estimate of drug-likeness (QED) is 0.740. The topological polar surface area (TPSA) is 20.2 Å². The SMILES string of the molecule is Cc1ccc(C(C)(C)C)cc1P(O)c1cc(C(C)(C)C)ccc1C. The van der Waals surface area contributed by atoms with Gasteiger partial charge in [-0.15, -0.1) is 0 Å². The van der Waals surface area contributed by atoms with E-state index in [0.717, 1.165) is 21.7 Å². The van der Waals surface area contributed by atoms with E-state index in [4.69, 9.17) is 0 Å². The van der Waals surface area contributed by atoms with E-state index < -0.39 is 8.15 Å². The number of benzene rings is 2. The minimum Gasteiger partial charge on any atom is -0.364 e. The summed E-state index contributed by atoms with van der Waals surface area (Å²) in [6.07, 6.45) is 0. The van der Waals surface area contributed by atoms with E-state index in [1.54, 1.807) is 0 Å². The minimum absolute atomic E-state index is 0.0843. The van der Waals surface area contributed by atoms with Crippen molar-refractivity contribution in [2.24, 2.45) is 0 Å². The zero-order valence-corrected chi connectivity index (χ0v) is 17.3. The lowest BCUT2D eigenvalue weighted by atomic mass is 9.87. The summed E-state index contributed by atoms with van der Waals surface area (Å²) in [5.74, 6) is 0. The maximum absolute atomic E-state index is 11.2. The lowest BCUT2D eigenvalue weighted by Gasteiger charge is -2.25. The van der Waals surface area contributed by atoms with Gasteiger partial charge in [-0.05, 0) is 59.1 Å². The van der Waals surface area contributed by atoms with Crippen LogP contribution in [0.5, 0.6) is 0 Å². The highest BCUT2D eigenvalue weighted by Gasteiger charge is 2.22. The Morgan fingerprint density at radius 2 is 1.00 bits per heavy atom. The summed E-state index contributed by atoms with van der Waals surface area (Å²) in [6, 6.07) is 13.0. The zero-order chi connectivity index (χ0) is 18.3. The van der Waals surface area contributed by atoms with Gasteiger partial charge in [0.2, 0.25) is 0 Å². The van der Waals surface area contributed by atoms with E-state index in [1.807, 2.05) is 0 Å². The number of aryl methyl sites for hydroxylation is 2. The lowest BCUT2D eigenvalue weighted by Crippen LogP contribution is -2.22. The largest absolute Gasteiger partial charge is 0.364 e. The fraction of sp³-hybridized carbons (Fsp3) is 0.455. The number of hydrogen-bond acceptors (Lipinski definition) is 1. The number of rotatable bonds is 2. The van der Waals surface area contributed by atoms with Crippen LogP contribution >= 0.6 is 8.15 Å². The summed E-state index contributed by atoms with van der Waals surface area (Å²) in [5.41, 5.74) is 5.04. The van der Waals surface area contributed by atoms with Crippen molar-refractivity contribution in [1.82, 2.24) is 0 Å². The maximum atomic E-state index is 11.2. The third-order valence-corrected chi connectivity index (χ3v) is 6.48. The first-order valence-electron chi connectivity index (χ1n) is 8.62. The molecule has 24 heavy (non-hydrogen) atoms. The highest BCUT2D eigenvalue weighted by atomic mass is 31.1. The first kappa shape index (κ1) is 19.2. The molecule has 1 N–H and O–H groups in total. The molecule has 2 aromatic carbocycles. The van der Waals surface area contributed by atoms with Crippen molar-refractivity contribution in [3.05, 3.63) is 58.7 Å². The van der Waals surface area contributed by atoms with Gasteiger partial charge in [0.25, 0.3) is 0 Å². The maximum Gasteiger partial charge on any atom is 0.0882 e. The van der Waals surface area contributed by atoms with Crippen LogP contribution in [0.1, 0.15) is 63.8 Å². The molecule has 1 nitrogen and oxygen atoms in total. The van der Waals surface area contributed by atoms with Crippen molar-refractivity contribution in [2.75, 3.05) is 0 Å². The van der Waals surface area contributed by atoms with Gasteiger partial charge in [0.1, 0.15) is 0 Å². The van der Waals surface area contributed by atoms with Gasteiger partial charge < -0.3 is 4.89 Å². The van der Waals surface area contributed by atoms with Gasteiger partial charge in [0, 0.05) is 10.6 Å². The molecule has 0 radical (unpaired) electrons. The molecule has 130 valence electrons. The average Bonchev–Trinajstić information content (AvgIpc) is 2.45. The Bertz CT molecular complexity index is 669. The molecular weight excluding hydrogens is 311 g/mol. The Kier molecular flexibility index (Phi) is 5.28. The van der Waals surface area contributed by atoms with Gasteiger partial charge in [-0.25, -0.2) is 0 Å². The van der Waals surface area contributed by atoms with Crippen molar-refractivity contribution >= 4 is 18.8 Å².